The summed E-state index contributed by atoms with van der Waals surface area (Å²) < 4.78 is 27.0. The maximum atomic E-state index is 11.1. The Morgan fingerprint density at radius 2 is 2.06 bits per heavy atom. The predicted molar refractivity (Wildman–Crippen MR) is 66.3 cm³/mol. The van der Waals surface area contributed by atoms with Crippen LogP contribution in [0.2, 0.25) is 0 Å². The molecule has 0 aromatic heterocycles. The first-order valence-electron chi connectivity index (χ1n) is 5.13. The Balaban J connectivity index is 3.71. The molecule has 1 unspecified atom stereocenters. The zero-order valence-electron chi connectivity index (χ0n) is 9.64. The fourth-order valence-electron chi connectivity index (χ4n) is 0.858. The summed E-state index contributed by atoms with van der Waals surface area (Å²) in [4.78, 5) is 11.1. The zero-order valence-corrected chi connectivity index (χ0v) is 11.3. The summed E-state index contributed by atoms with van der Waals surface area (Å²) in [5.41, 5.74) is 5.54. The molecule has 5 nitrogen and oxygen atoms in total. The molecule has 0 spiro atoms. The van der Waals surface area contributed by atoms with Crippen molar-refractivity contribution in [2.24, 2.45) is 5.73 Å². The van der Waals surface area contributed by atoms with E-state index in [9.17, 15) is 13.2 Å². The number of carbonyl (C=O) groups excluding carboxylic acids is 1. The molecule has 0 bridgehead atoms. The molecule has 2 N–H and O–H groups in total. The van der Waals surface area contributed by atoms with Crippen LogP contribution in [0.4, 0.5) is 0 Å². The van der Waals surface area contributed by atoms with E-state index in [1.807, 2.05) is 0 Å². The number of rotatable bonds is 8. The van der Waals surface area contributed by atoms with Crippen LogP contribution in [-0.4, -0.2) is 50.0 Å². The van der Waals surface area contributed by atoms with E-state index in [0.29, 0.717) is 18.1 Å². The summed E-state index contributed by atoms with van der Waals surface area (Å²) in [7, 11) is -2.93. The molecule has 16 heavy (non-hydrogen) atoms. The highest BCUT2D eigenvalue weighted by molar-refractivity contribution is 8.00. The maximum absolute atomic E-state index is 11.1. The van der Waals surface area contributed by atoms with Crippen LogP contribution in [-0.2, 0) is 19.4 Å². The Morgan fingerprint density at radius 3 is 2.56 bits per heavy atom. The van der Waals surface area contributed by atoms with E-state index < -0.39 is 21.8 Å². The average Bonchev–Trinajstić information content (AvgIpc) is 2.24. The molecule has 1 atom stereocenters. The lowest BCUT2D eigenvalue weighted by molar-refractivity contribution is -0.144. The van der Waals surface area contributed by atoms with Crippen molar-refractivity contribution >= 4 is 27.6 Å². The number of sulfone groups is 1. The van der Waals surface area contributed by atoms with Gasteiger partial charge in [-0.1, -0.05) is 6.92 Å². The second-order valence-electron chi connectivity index (χ2n) is 3.17. The minimum atomic E-state index is -2.93. The van der Waals surface area contributed by atoms with Crippen molar-refractivity contribution in [1.29, 1.82) is 0 Å². The number of esters is 1. The molecular formula is C9H19NO4S2. The molecule has 0 aliphatic rings. The third kappa shape index (κ3) is 7.08. The van der Waals surface area contributed by atoms with Gasteiger partial charge in [0.15, 0.2) is 9.84 Å². The van der Waals surface area contributed by atoms with Crippen LogP contribution in [0.3, 0.4) is 0 Å². The van der Waals surface area contributed by atoms with Crippen molar-refractivity contribution in [2.45, 2.75) is 19.9 Å². The lowest BCUT2D eigenvalue weighted by Gasteiger charge is -2.09. The minimum absolute atomic E-state index is 0.129. The van der Waals surface area contributed by atoms with E-state index in [2.05, 4.69) is 0 Å². The van der Waals surface area contributed by atoms with Gasteiger partial charge in [0.05, 0.1) is 12.4 Å². The van der Waals surface area contributed by atoms with Gasteiger partial charge in [0, 0.05) is 17.3 Å². The van der Waals surface area contributed by atoms with E-state index in [4.69, 9.17) is 10.5 Å². The van der Waals surface area contributed by atoms with Gasteiger partial charge in [-0.25, -0.2) is 8.42 Å². The molecule has 0 aliphatic carbocycles. The Kier molecular flexibility index (Phi) is 7.78. The number of hydrogen-bond donors (Lipinski definition) is 1. The quantitative estimate of drug-likeness (QED) is 0.495. The third-order valence-electron chi connectivity index (χ3n) is 1.87. The van der Waals surface area contributed by atoms with Crippen molar-refractivity contribution in [3.8, 4) is 0 Å². The van der Waals surface area contributed by atoms with Crippen LogP contribution in [0.5, 0.6) is 0 Å². The van der Waals surface area contributed by atoms with Crippen LogP contribution in [0.15, 0.2) is 0 Å². The highest BCUT2D eigenvalue weighted by Crippen LogP contribution is 2.05. The highest BCUT2D eigenvalue weighted by Gasteiger charge is 2.15. The van der Waals surface area contributed by atoms with Crippen molar-refractivity contribution in [2.75, 3.05) is 29.6 Å². The maximum Gasteiger partial charge on any atom is 0.323 e. The topological polar surface area (TPSA) is 86.5 Å². The van der Waals surface area contributed by atoms with Crippen molar-refractivity contribution in [3.63, 3.8) is 0 Å². The van der Waals surface area contributed by atoms with Gasteiger partial charge in [0.1, 0.15) is 6.04 Å². The highest BCUT2D eigenvalue weighted by atomic mass is 32.2. The fourth-order valence-corrected chi connectivity index (χ4v) is 3.19. The van der Waals surface area contributed by atoms with Gasteiger partial charge in [-0.05, 0) is 6.92 Å². The molecule has 0 radical (unpaired) electrons. The SMILES string of the molecule is CCOC(=O)C(N)CSCCS(=O)(=O)CC. The summed E-state index contributed by atoms with van der Waals surface area (Å²) in [6, 6.07) is -0.672. The van der Waals surface area contributed by atoms with Crippen molar-refractivity contribution < 1.29 is 17.9 Å². The summed E-state index contributed by atoms with van der Waals surface area (Å²) in [5, 5.41) is 0. The monoisotopic (exact) mass is 269 g/mol. The molecule has 0 saturated heterocycles. The number of thioether (sulfide) groups is 1. The smallest absolute Gasteiger partial charge is 0.323 e. The standard InChI is InChI=1S/C9H19NO4S2/c1-3-14-9(11)8(10)7-15-5-6-16(12,13)4-2/h8H,3-7,10H2,1-2H3. The second kappa shape index (κ2) is 7.92. The van der Waals surface area contributed by atoms with Gasteiger partial charge in [0.2, 0.25) is 0 Å². The first-order chi connectivity index (χ1) is 7.43. The van der Waals surface area contributed by atoms with Crippen LogP contribution in [0.1, 0.15) is 13.8 Å². The first-order valence-corrected chi connectivity index (χ1v) is 8.11. The lowest BCUT2D eigenvalue weighted by Crippen LogP contribution is -2.34. The van der Waals surface area contributed by atoms with Crippen molar-refractivity contribution in [1.82, 2.24) is 0 Å². The molecule has 0 aliphatic heterocycles. The summed E-state index contributed by atoms with van der Waals surface area (Å²) in [6.45, 7) is 3.64. The number of hydrogen-bond acceptors (Lipinski definition) is 6. The third-order valence-corrected chi connectivity index (χ3v) is 4.92. The minimum Gasteiger partial charge on any atom is -0.465 e. The van der Waals surface area contributed by atoms with E-state index in [1.165, 1.54) is 11.8 Å². The predicted octanol–water partition coefficient (Wildman–Crippen LogP) is 0.0447. The van der Waals surface area contributed by atoms with Gasteiger partial charge in [-0.15, -0.1) is 0 Å². The van der Waals surface area contributed by atoms with E-state index in [-0.39, 0.29) is 11.5 Å². The molecule has 0 rings (SSSR count). The Bertz CT molecular complexity index is 303. The Hall–Kier alpha value is -0.270. The van der Waals surface area contributed by atoms with Crippen molar-refractivity contribution in [3.05, 3.63) is 0 Å². The number of nitrogens with two attached hydrogens (primary N) is 1. The van der Waals surface area contributed by atoms with Gasteiger partial charge < -0.3 is 10.5 Å². The lowest BCUT2D eigenvalue weighted by atomic mass is 10.4. The number of carbonyl (C=O) groups is 1. The first kappa shape index (κ1) is 15.7. The molecule has 96 valence electrons. The number of ether oxygens (including phenoxy) is 1. The van der Waals surface area contributed by atoms with Crippen LogP contribution in [0.25, 0.3) is 0 Å². The molecule has 0 saturated carbocycles. The molecule has 0 amide bonds. The Labute approximate surface area is 101 Å². The van der Waals surface area contributed by atoms with E-state index in [0.717, 1.165) is 0 Å². The van der Waals surface area contributed by atoms with Crippen LogP contribution < -0.4 is 5.73 Å². The summed E-state index contributed by atoms with van der Waals surface area (Å²) in [6.07, 6.45) is 0. The molecule has 0 aromatic rings. The Morgan fingerprint density at radius 1 is 1.44 bits per heavy atom. The normalized spacial score (nSPS) is 13.4. The average molecular weight is 269 g/mol. The summed E-state index contributed by atoms with van der Waals surface area (Å²) >= 11 is 1.35. The largest absolute Gasteiger partial charge is 0.465 e. The van der Waals surface area contributed by atoms with Gasteiger partial charge in [-0.3, -0.25) is 4.79 Å². The molecule has 0 fully saturated rings. The van der Waals surface area contributed by atoms with Gasteiger partial charge >= 0.3 is 5.97 Å². The van der Waals surface area contributed by atoms with Gasteiger partial charge in [0.25, 0.3) is 0 Å². The molecule has 0 heterocycles. The summed E-state index contributed by atoms with van der Waals surface area (Å²) in [5.74, 6) is 0.691. The molecular weight excluding hydrogens is 250 g/mol. The molecule has 0 aromatic carbocycles. The zero-order chi connectivity index (χ0) is 12.6. The van der Waals surface area contributed by atoms with E-state index >= 15 is 0 Å². The second-order valence-corrected chi connectivity index (χ2v) is 6.79. The van der Waals surface area contributed by atoms with E-state index in [1.54, 1.807) is 13.8 Å². The fraction of sp³-hybridized carbons (Fsp3) is 0.889. The van der Waals surface area contributed by atoms with Crippen LogP contribution >= 0.6 is 11.8 Å². The van der Waals surface area contributed by atoms with Crippen LogP contribution in [0, 0.1) is 0 Å². The van der Waals surface area contributed by atoms with Gasteiger partial charge in [-0.2, -0.15) is 11.8 Å². The molecule has 7 heteroatoms.